The molecule has 0 unspecified atom stereocenters. The lowest BCUT2D eigenvalue weighted by atomic mass is 10.1. The third kappa shape index (κ3) is 3.68. The van der Waals surface area contributed by atoms with Crippen LogP contribution in [0, 0.1) is 6.92 Å². The Morgan fingerprint density at radius 1 is 1.28 bits per heavy atom. The second-order valence-electron chi connectivity index (χ2n) is 5.80. The molecule has 0 fully saturated rings. The Hall–Kier alpha value is -3.16. The van der Waals surface area contributed by atoms with Crippen molar-refractivity contribution in [2.24, 2.45) is 0 Å². The molecule has 2 heterocycles. The number of anilines is 1. The number of urea groups is 1. The number of hydrogen-bond donors (Lipinski definition) is 3. The van der Waals surface area contributed by atoms with Crippen LogP contribution in [0.3, 0.4) is 0 Å². The van der Waals surface area contributed by atoms with Gasteiger partial charge in [0.1, 0.15) is 12.0 Å². The predicted octanol–water partition coefficient (Wildman–Crippen LogP) is 2.00. The van der Waals surface area contributed by atoms with Gasteiger partial charge in [-0.15, -0.1) is 0 Å². The van der Waals surface area contributed by atoms with Crippen LogP contribution in [-0.2, 0) is 13.0 Å². The lowest BCUT2D eigenvalue weighted by Gasteiger charge is -2.11. The van der Waals surface area contributed by atoms with Crippen LogP contribution in [0.15, 0.2) is 35.4 Å². The Morgan fingerprint density at radius 3 is 2.76 bits per heavy atom. The molecule has 0 radical (unpaired) electrons. The number of aryl methyl sites for hydroxylation is 2. The van der Waals surface area contributed by atoms with E-state index in [1.807, 2.05) is 38.1 Å². The van der Waals surface area contributed by atoms with E-state index < -0.39 is 6.03 Å². The van der Waals surface area contributed by atoms with Crippen molar-refractivity contribution < 1.29 is 4.79 Å². The van der Waals surface area contributed by atoms with E-state index in [4.69, 9.17) is 0 Å². The molecule has 0 aliphatic rings. The molecule has 130 valence electrons. The molecule has 0 bridgehead atoms. The van der Waals surface area contributed by atoms with Gasteiger partial charge in [-0.1, -0.05) is 43.2 Å². The summed E-state index contributed by atoms with van der Waals surface area (Å²) in [5.41, 5.74) is 2.46. The zero-order chi connectivity index (χ0) is 17.8. The van der Waals surface area contributed by atoms with Crippen LogP contribution in [-0.4, -0.2) is 25.6 Å². The van der Waals surface area contributed by atoms with Gasteiger partial charge in [-0.2, -0.15) is 4.52 Å². The number of carbonyl (C=O) groups is 1. The fraction of sp³-hybridized carbons (Fsp3) is 0.294. The molecule has 2 aromatic heterocycles. The monoisotopic (exact) mass is 340 g/mol. The largest absolute Gasteiger partial charge is 0.334 e. The van der Waals surface area contributed by atoms with Crippen molar-refractivity contribution >= 4 is 17.5 Å². The van der Waals surface area contributed by atoms with Crippen molar-refractivity contribution in [1.82, 2.24) is 24.9 Å². The number of fused-ring (bicyclic) bond motifs is 1. The molecule has 0 aliphatic carbocycles. The normalized spacial score (nSPS) is 10.8. The highest BCUT2D eigenvalue weighted by molar-refractivity contribution is 5.89. The average Bonchev–Trinajstić information content (AvgIpc) is 3.07. The molecular weight excluding hydrogens is 320 g/mol. The van der Waals surface area contributed by atoms with Crippen molar-refractivity contribution in [3.8, 4) is 0 Å². The van der Waals surface area contributed by atoms with Crippen molar-refractivity contribution in [1.29, 1.82) is 0 Å². The molecule has 0 aliphatic heterocycles. The molecule has 25 heavy (non-hydrogen) atoms. The van der Waals surface area contributed by atoms with Crippen LogP contribution in [0.2, 0.25) is 0 Å². The molecule has 0 spiro atoms. The minimum Gasteiger partial charge on any atom is -0.334 e. The summed E-state index contributed by atoms with van der Waals surface area (Å²) in [6, 6.07) is 7.42. The summed E-state index contributed by atoms with van der Waals surface area (Å²) >= 11 is 0. The van der Waals surface area contributed by atoms with Crippen molar-refractivity contribution in [2.75, 3.05) is 5.32 Å². The van der Waals surface area contributed by atoms with Crippen molar-refractivity contribution in [2.45, 2.75) is 33.2 Å². The maximum atomic E-state index is 12.5. The summed E-state index contributed by atoms with van der Waals surface area (Å²) in [6.45, 7) is 4.36. The van der Waals surface area contributed by atoms with E-state index >= 15 is 0 Å². The van der Waals surface area contributed by atoms with Crippen molar-refractivity contribution in [3.05, 3.63) is 57.8 Å². The smallest absolute Gasteiger partial charge is 0.319 e. The molecule has 3 N–H and O–H groups in total. The Bertz CT molecular complexity index is 942. The summed E-state index contributed by atoms with van der Waals surface area (Å²) in [5, 5.41) is 8.08. The lowest BCUT2D eigenvalue weighted by molar-refractivity contribution is 0.251. The van der Waals surface area contributed by atoms with E-state index in [9.17, 15) is 9.59 Å². The quantitative estimate of drug-likeness (QED) is 0.661. The van der Waals surface area contributed by atoms with Gasteiger partial charge < -0.3 is 10.6 Å². The van der Waals surface area contributed by atoms with Crippen LogP contribution in [0.5, 0.6) is 0 Å². The highest BCUT2D eigenvalue weighted by Crippen LogP contribution is 2.11. The Balaban J connectivity index is 1.77. The van der Waals surface area contributed by atoms with Gasteiger partial charge in [-0.05, 0) is 18.9 Å². The number of benzene rings is 1. The average molecular weight is 340 g/mol. The molecule has 0 saturated carbocycles. The van der Waals surface area contributed by atoms with Crippen LogP contribution < -0.4 is 16.2 Å². The van der Waals surface area contributed by atoms with E-state index in [1.165, 1.54) is 10.8 Å². The maximum Gasteiger partial charge on any atom is 0.319 e. The third-order valence-corrected chi connectivity index (χ3v) is 3.81. The number of amides is 2. The highest BCUT2D eigenvalue weighted by Gasteiger charge is 2.16. The van der Waals surface area contributed by atoms with Crippen LogP contribution in [0.4, 0.5) is 10.5 Å². The molecule has 3 aromatic rings. The van der Waals surface area contributed by atoms with E-state index in [0.29, 0.717) is 24.4 Å². The summed E-state index contributed by atoms with van der Waals surface area (Å²) in [5.74, 6) is 0.291. The Morgan fingerprint density at radius 2 is 2.04 bits per heavy atom. The second kappa shape index (κ2) is 7.16. The molecule has 3 rings (SSSR count). The third-order valence-electron chi connectivity index (χ3n) is 3.81. The molecule has 2 amide bonds. The second-order valence-corrected chi connectivity index (χ2v) is 5.80. The van der Waals surface area contributed by atoms with Gasteiger partial charge in [-0.3, -0.25) is 9.89 Å². The number of rotatable bonds is 5. The first-order chi connectivity index (χ1) is 12.1. The topological polar surface area (TPSA) is 104 Å². The van der Waals surface area contributed by atoms with E-state index in [0.717, 1.165) is 17.5 Å². The van der Waals surface area contributed by atoms with E-state index in [1.54, 1.807) is 0 Å². The Kier molecular flexibility index (Phi) is 4.78. The predicted molar refractivity (Wildman–Crippen MR) is 94.6 cm³/mol. The lowest BCUT2D eigenvalue weighted by Crippen LogP contribution is -2.33. The van der Waals surface area contributed by atoms with Crippen LogP contribution in [0.1, 0.15) is 30.2 Å². The molecule has 0 saturated heterocycles. The van der Waals surface area contributed by atoms with Crippen LogP contribution in [0.25, 0.3) is 5.78 Å². The van der Waals surface area contributed by atoms with Gasteiger partial charge in [0.05, 0.1) is 5.69 Å². The number of nitrogens with one attached hydrogen (secondary N) is 3. The molecule has 0 atom stereocenters. The number of carbonyl (C=O) groups excluding carboxylic acids is 1. The van der Waals surface area contributed by atoms with E-state index in [2.05, 4.69) is 25.7 Å². The number of nitrogens with zero attached hydrogens (tertiary/aromatic N) is 3. The summed E-state index contributed by atoms with van der Waals surface area (Å²) in [7, 11) is 0. The maximum absolute atomic E-state index is 12.5. The highest BCUT2D eigenvalue weighted by atomic mass is 16.2. The van der Waals surface area contributed by atoms with Crippen LogP contribution >= 0.6 is 0 Å². The van der Waals surface area contributed by atoms with Gasteiger partial charge in [0.15, 0.2) is 0 Å². The molecule has 8 heteroatoms. The standard InChI is InChI=1S/C17H20N6O2/c1-3-4-13-14(15(24)23-16(21-13)19-10-20-23)22-17(25)18-9-12-7-5-11(2)6-8-12/h5-8,10H,3-4,9H2,1-2H3,(H2,18,22,25)(H,19,20,21). The minimum absolute atomic E-state index is 0.171. The number of hydrogen-bond acceptors (Lipinski definition) is 4. The number of H-pyrrole nitrogens is 1. The fourth-order valence-electron chi connectivity index (χ4n) is 2.49. The molecular formula is C17H20N6O2. The first-order valence-electron chi connectivity index (χ1n) is 8.14. The van der Waals surface area contributed by atoms with Gasteiger partial charge >= 0.3 is 6.03 Å². The first-order valence-corrected chi connectivity index (χ1v) is 8.14. The minimum atomic E-state index is -0.448. The van der Waals surface area contributed by atoms with Gasteiger partial charge in [0.2, 0.25) is 0 Å². The number of aromatic nitrogens is 4. The van der Waals surface area contributed by atoms with Crippen molar-refractivity contribution in [3.63, 3.8) is 0 Å². The zero-order valence-corrected chi connectivity index (χ0v) is 14.2. The van der Waals surface area contributed by atoms with Gasteiger partial charge in [0, 0.05) is 6.54 Å². The van der Waals surface area contributed by atoms with Gasteiger partial charge in [0.25, 0.3) is 11.3 Å². The zero-order valence-electron chi connectivity index (χ0n) is 14.2. The number of aromatic amines is 1. The first kappa shape index (κ1) is 16.7. The Labute approximate surface area is 144 Å². The summed E-state index contributed by atoms with van der Waals surface area (Å²) < 4.78 is 1.20. The molecule has 8 nitrogen and oxygen atoms in total. The van der Waals surface area contributed by atoms with Gasteiger partial charge in [-0.25, -0.2) is 14.8 Å². The molecule has 1 aromatic carbocycles. The summed E-state index contributed by atoms with van der Waals surface area (Å²) in [6.07, 6.45) is 2.76. The summed E-state index contributed by atoms with van der Waals surface area (Å²) in [4.78, 5) is 33.1. The SMILES string of the molecule is CCCc1nc2nc[nH]n2c(=O)c1NC(=O)NCc1ccc(C)cc1. The van der Waals surface area contributed by atoms with E-state index in [-0.39, 0.29) is 11.2 Å². The fourth-order valence-corrected chi connectivity index (χ4v) is 2.49.